The predicted octanol–water partition coefficient (Wildman–Crippen LogP) is 15.4. The number of fused-ring (bicyclic) bond motifs is 9. The van der Waals surface area contributed by atoms with Gasteiger partial charge in [-0.2, -0.15) is 0 Å². The molecule has 0 radical (unpaired) electrons. The van der Waals surface area contributed by atoms with Gasteiger partial charge in [0.25, 0.3) is 11.4 Å². The van der Waals surface area contributed by atoms with Crippen molar-refractivity contribution in [1.29, 1.82) is 0 Å². The van der Waals surface area contributed by atoms with Crippen molar-refractivity contribution in [2.75, 3.05) is 0 Å². The van der Waals surface area contributed by atoms with E-state index in [4.69, 9.17) is 0 Å². The van der Waals surface area contributed by atoms with Crippen LogP contribution in [0.1, 0.15) is 22.3 Å². The first kappa shape index (κ1) is 39.9. The molecule has 1 aliphatic carbocycles. The van der Waals surface area contributed by atoms with Crippen LogP contribution in [0.25, 0.3) is 88.4 Å². The summed E-state index contributed by atoms with van der Waals surface area (Å²) in [6.07, 6.45) is 0. The molecule has 0 atom stereocenters. The minimum absolute atomic E-state index is 0.0257. The van der Waals surface area contributed by atoms with Crippen LogP contribution in [0.2, 0.25) is 0 Å². The summed E-state index contributed by atoms with van der Waals surface area (Å²) < 4.78 is 4.63. The summed E-state index contributed by atoms with van der Waals surface area (Å²) in [6.45, 7) is 0. The van der Waals surface area contributed by atoms with E-state index in [0.717, 1.165) is 89.1 Å². The molecule has 0 amide bonds. The van der Waals surface area contributed by atoms with Gasteiger partial charge in [0, 0.05) is 57.2 Å². The topological polar surface area (TPSA) is 96.1 Å². The molecular formula is C61H38N4O4. The molecule has 2 heterocycles. The molecule has 12 aromatic rings. The van der Waals surface area contributed by atoms with E-state index in [2.05, 4.69) is 191 Å². The molecule has 0 aliphatic heterocycles. The monoisotopic (exact) mass is 890 g/mol. The molecular weight excluding hydrogens is 853 g/mol. The van der Waals surface area contributed by atoms with Crippen molar-refractivity contribution < 1.29 is 9.85 Å². The smallest absolute Gasteiger partial charge is 0.269 e. The first-order valence-corrected chi connectivity index (χ1v) is 22.8. The second-order valence-electron chi connectivity index (χ2n) is 17.7. The number of nitrogens with zero attached hydrogens (tertiary/aromatic N) is 4. The lowest BCUT2D eigenvalue weighted by molar-refractivity contribution is -0.385. The zero-order valence-corrected chi connectivity index (χ0v) is 36.9. The molecule has 10 aromatic carbocycles. The number of nitro benzene ring substituents is 2. The van der Waals surface area contributed by atoms with Crippen molar-refractivity contribution >= 4 is 55.0 Å². The molecule has 0 spiro atoms. The van der Waals surface area contributed by atoms with Gasteiger partial charge in [0.05, 0.1) is 37.3 Å². The van der Waals surface area contributed by atoms with E-state index in [-0.39, 0.29) is 21.2 Å². The first-order valence-electron chi connectivity index (χ1n) is 22.8. The molecule has 13 rings (SSSR count). The minimum Gasteiger partial charge on any atom is -0.309 e. The number of rotatable bonds is 8. The Morgan fingerprint density at radius 2 is 0.667 bits per heavy atom. The molecule has 0 fully saturated rings. The number of aromatic nitrogens is 2. The van der Waals surface area contributed by atoms with Crippen LogP contribution >= 0.6 is 0 Å². The maximum Gasteiger partial charge on any atom is 0.269 e. The molecule has 8 nitrogen and oxygen atoms in total. The fraction of sp³-hybridized carbons (Fsp3) is 0.0164. The maximum atomic E-state index is 12.1. The molecule has 326 valence electrons. The van der Waals surface area contributed by atoms with E-state index < -0.39 is 5.41 Å². The third kappa shape index (κ3) is 6.02. The van der Waals surface area contributed by atoms with E-state index in [1.54, 1.807) is 24.3 Å². The van der Waals surface area contributed by atoms with Gasteiger partial charge in [-0.25, -0.2) is 0 Å². The lowest BCUT2D eigenvalue weighted by Crippen LogP contribution is -2.28. The zero-order valence-electron chi connectivity index (χ0n) is 36.9. The molecule has 0 unspecified atom stereocenters. The molecule has 69 heavy (non-hydrogen) atoms. The van der Waals surface area contributed by atoms with Gasteiger partial charge in [0.15, 0.2) is 0 Å². The van der Waals surface area contributed by atoms with Crippen molar-refractivity contribution in [3.8, 4) is 44.8 Å². The molecule has 0 bridgehead atoms. The van der Waals surface area contributed by atoms with E-state index >= 15 is 0 Å². The Morgan fingerprint density at radius 1 is 0.333 bits per heavy atom. The van der Waals surface area contributed by atoms with Crippen molar-refractivity contribution in [2.24, 2.45) is 0 Å². The number of hydrogen-bond acceptors (Lipinski definition) is 4. The average molecular weight is 891 g/mol. The van der Waals surface area contributed by atoms with Gasteiger partial charge in [-0.15, -0.1) is 0 Å². The SMILES string of the molecule is O=[N+]([O-])c1ccc(C2(c3ccc([N+](=O)[O-])cc3)c3cc(-c4cccc(-n5c6ccccc6c6ccccc65)c4)ccc3-c3ccc(-c4cccc(-n5c6ccccc6c6ccccc65)c4)cc32)cc1. The van der Waals surface area contributed by atoms with E-state index in [1.165, 1.54) is 21.5 Å². The number of hydrogen-bond donors (Lipinski definition) is 0. The summed E-state index contributed by atoms with van der Waals surface area (Å²) in [4.78, 5) is 23.5. The lowest BCUT2D eigenvalue weighted by atomic mass is 9.67. The maximum absolute atomic E-state index is 12.1. The second-order valence-corrected chi connectivity index (χ2v) is 17.7. The van der Waals surface area contributed by atoms with Gasteiger partial charge in [-0.3, -0.25) is 20.2 Å². The largest absolute Gasteiger partial charge is 0.309 e. The van der Waals surface area contributed by atoms with Crippen molar-refractivity contribution in [2.45, 2.75) is 5.41 Å². The summed E-state index contributed by atoms with van der Waals surface area (Å²) in [5.74, 6) is 0. The van der Waals surface area contributed by atoms with E-state index in [0.29, 0.717) is 0 Å². The highest BCUT2D eigenvalue weighted by molar-refractivity contribution is 6.10. The fourth-order valence-corrected chi connectivity index (χ4v) is 11.2. The second kappa shape index (κ2) is 15.3. The molecule has 8 heteroatoms. The van der Waals surface area contributed by atoms with Crippen LogP contribution in [0, 0.1) is 20.2 Å². The van der Waals surface area contributed by atoms with Crippen LogP contribution in [0.3, 0.4) is 0 Å². The van der Waals surface area contributed by atoms with Gasteiger partial charge in [0.2, 0.25) is 0 Å². The van der Waals surface area contributed by atoms with Gasteiger partial charge < -0.3 is 9.13 Å². The Kier molecular flexibility index (Phi) is 8.87. The van der Waals surface area contributed by atoms with Crippen LogP contribution in [-0.4, -0.2) is 19.0 Å². The van der Waals surface area contributed by atoms with E-state index in [9.17, 15) is 20.2 Å². The van der Waals surface area contributed by atoms with Gasteiger partial charge in [-0.05, 0) is 116 Å². The first-order chi connectivity index (χ1) is 33.9. The Morgan fingerprint density at radius 3 is 1.01 bits per heavy atom. The van der Waals surface area contributed by atoms with Crippen molar-refractivity contribution in [3.63, 3.8) is 0 Å². The predicted molar refractivity (Wildman–Crippen MR) is 277 cm³/mol. The van der Waals surface area contributed by atoms with Crippen LogP contribution in [-0.2, 0) is 5.41 Å². The zero-order chi connectivity index (χ0) is 46.4. The highest BCUT2D eigenvalue weighted by atomic mass is 16.6. The highest BCUT2D eigenvalue weighted by Gasteiger charge is 2.47. The van der Waals surface area contributed by atoms with Crippen molar-refractivity contribution in [1.82, 2.24) is 9.13 Å². The summed E-state index contributed by atoms with van der Waals surface area (Å²) in [5, 5.41) is 29.0. The fourth-order valence-electron chi connectivity index (χ4n) is 11.2. The summed E-state index contributed by atoms with van der Waals surface area (Å²) in [5.41, 5.74) is 15.0. The number of nitro groups is 2. The summed E-state index contributed by atoms with van der Waals surface area (Å²) in [7, 11) is 0. The van der Waals surface area contributed by atoms with Gasteiger partial charge >= 0.3 is 0 Å². The minimum atomic E-state index is -1.05. The Hall–Kier alpha value is -9.40. The number of benzene rings is 10. The Balaban J connectivity index is 1.03. The normalized spacial score (nSPS) is 12.7. The quantitative estimate of drug-likeness (QED) is 0.112. The molecule has 0 saturated carbocycles. The van der Waals surface area contributed by atoms with Crippen LogP contribution in [0.4, 0.5) is 11.4 Å². The van der Waals surface area contributed by atoms with Crippen LogP contribution < -0.4 is 0 Å². The molecule has 0 saturated heterocycles. The van der Waals surface area contributed by atoms with Gasteiger partial charge in [-0.1, -0.05) is 146 Å². The van der Waals surface area contributed by atoms with Crippen LogP contribution in [0.5, 0.6) is 0 Å². The Bertz CT molecular complexity index is 3720. The molecule has 1 aliphatic rings. The standard InChI is InChI=1S/C61H38N4O4/c66-64(67)45-29-25-43(26-30-45)61(44-27-31-46(32-28-44)65(68)69)55-37-41(39-11-9-13-47(35-39)62-57-19-5-1-15-51(57)52-16-2-6-20-58(52)62)23-33-49(55)50-34-24-42(38-56(50)61)40-12-10-14-48(36-40)63-59-21-7-3-17-53(59)54-18-4-8-22-60(54)63/h1-38H. The third-order valence-electron chi connectivity index (χ3n) is 14.2. The highest BCUT2D eigenvalue weighted by Crippen LogP contribution is 2.58. The van der Waals surface area contributed by atoms with Crippen molar-refractivity contribution in [3.05, 3.63) is 273 Å². The van der Waals surface area contributed by atoms with Gasteiger partial charge in [0.1, 0.15) is 0 Å². The number of para-hydroxylation sites is 4. The Labute approximate surface area is 395 Å². The molecule has 2 aromatic heterocycles. The van der Waals surface area contributed by atoms with Crippen LogP contribution in [0.15, 0.2) is 231 Å². The summed E-state index contributed by atoms with van der Waals surface area (Å²) in [6, 6.07) is 77.8. The average Bonchev–Trinajstić information content (AvgIpc) is 4.03. The molecule has 0 N–H and O–H groups in total. The third-order valence-corrected chi connectivity index (χ3v) is 14.2. The summed E-state index contributed by atoms with van der Waals surface area (Å²) >= 11 is 0. The lowest BCUT2D eigenvalue weighted by Gasteiger charge is -2.34. The van der Waals surface area contributed by atoms with E-state index in [1.807, 2.05) is 24.3 Å². The number of non-ortho nitro benzene ring substituents is 2.